The highest BCUT2D eigenvalue weighted by molar-refractivity contribution is 5.96. The fraction of sp³-hybridized carbons (Fsp3) is 0.273. The second kappa shape index (κ2) is 6.32. The lowest BCUT2D eigenvalue weighted by Gasteiger charge is -2.15. The first kappa shape index (κ1) is 17.2. The van der Waals surface area contributed by atoms with Crippen LogP contribution in [-0.4, -0.2) is 5.11 Å². The maximum absolute atomic E-state index is 10.5. The molecule has 0 atom stereocenters. The van der Waals surface area contributed by atoms with Gasteiger partial charge in [-0.05, 0) is 86.4 Å². The first-order valence-corrected chi connectivity index (χ1v) is 8.53. The number of aryl methyl sites for hydroxylation is 1. The first-order valence-electron chi connectivity index (χ1n) is 8.53. The predicted molar refractivity (Wildman–Crippen MR) is 105 cm³/mol. The third-order valence-electron chi connectivity index (χ3n) is 5.40. The van der Waals surface area contributed by atoms with E-state index in [4.69, 9.17) is 0 Å². The van der Waals surface area contributed by atoms with Crippen molar-refractivity contribution in [2.75, 3.05) is 0 Å². The molecule has 3 rings (SSSR count). The molecule has 3 aromatic rings. The van der Waals surface area contributed by atoms with E-state index >= 15 is 0 Å². The lowest BCUT2D eigenvalue weighted by molar-refractivity contribution is 0.473. The van der Waals surface area contributed by atoms with Gasteiger partial charge in [-0.3, -0.25) is 0 Å². The van der Waals surface area contributed by atoms with Crippen molar-refractivity contribution >= 4 is 22.1 Å². The minimum atomic E-state index is 0.193. The molecule has 0 saturated heterocycles. The molecule has 0 aliphatic rings. The van der Waals surface area contributed by atoms with Crippen LogP contribution in [-0.2, 0) is 0 Å². The second-order valence-electron chi connectivity index (χ2n) is 6.79. The van der Waals surface area contributed by atoms with Crippen LogP contribution in [0.15, 0.2) is 40.6 Å². The highest BCUT2D eigenvalue weighted by Gasteiger charge is 2.13. The summed E-state index contributed by atoms with van der Waals surface area (Å²) in [7, 11) is 0. The molecule has 0 unspecified atom stereocenters. The van der Waals surface area contributed by atoms with Crippen LogP contribution >= 0.6 is 0 Å². The Morgan fingerprint density at radius 1 is 0.680 bits per heavy atom. The van der Waals surface area contributed by atoms with E-state index in [9.17, 15) is 5.11 Å². The van der Waals surface area contributed by atoms with Crippen LogP contribution in [0.2, 0.25) is 0 Å². The summed E-state index contributed by atoms with van der Waals surface area (Å²) in [6.45, 7) is 12.4. The van der Waals surface area contributed by atoms with Crippen molar-refractivity contribution in [2.24, 2.45) is 10.2 Å². The summed E-state index contributed by atoms with van der Waals surface area (Å²) < 4.78 is 0. The molecule has 0 saturated carbocycles. The topological polar surface area (TPSA) is 45.0 Å². The molecule has 0 aromatic heterocycles. The third kappa shape index (κ3) is 2.80. The van der Waals surface area contributed by atoms with Crippen molar-refractivity contribution in [1.82, 2.24) is 0 Å². The van der Waals surface area contributed by atoms with Crippen molar-refractivity contribution < 1.29 is 5.11 Å². The van der Waals surface area contributed by atoms with Crippen LogP contribution < -0.4 is 0 Å². The normalized spacial score (nSPS) is 11.6. The smallest absolute Gasteiger partial charge is 0.146 e. The minimum absolute atomic E-state index is 0.193. The van der Waals surface area contributed by atoms with Crippen LogP contribution in [0, 0.1) is 41.5 Å². The number of fused-ring (bicyclic) bond motifs is 1. The van der Waals surface area contributed by atoms with Gasteiger partial charge in [0.1, 0.15) is 11.4 Å². The molecular formula is C22H24N2O. The Morgan fingerprint density at radius 2 is 1.20 bits per heavy atom. The zero-order chi connectivity index (χ0) is 18.3. The number of benzene rings is 3. The molecule has 0 bridgehead atoms. The summed E-state index contributed by atoms with van der Waals surface area (Å²) in [6, 6.07) is 9.90. The fourth-order valence-electron chi connectivity index (χ4n) is 3.29. The summed E-state index contributed by atoms with van der Waals surface area (Å²) in [5, 5.41) is 21.5. The largest absolute Gasteiger partial charge is 0.505 e. The van der Waals surface area contributed by atoms with Crippen molar-refractivity contribution in [3.63, 3.8) is 0 Å². The van der Waals surface area contributed by atoms with E-state index in [2.05, 4.69) is 44.8 Å². The first-order chi connectivity index (χ1) is 11.8. The SMILES string of the molecule is Cc1cc2ccccc2c(N=Nc2c(C)c(C)c(C)c(C)c2C)c1O. The zero-order valence-electron chi connectivity index (χ0n) is 15.7. The molecule has 0 spiro atoms. The van der Waals surface area contributed by atoms with Crippen LogP contribution in [0.4, 0.5) is 11.4 Å². The molecule has 0 fully saturated rings. The average molecular weight is 332 g/mol. The molecule has 0 aliphatic heterocycles. The Hall–Kier alpha value is -2.68. The van der Waals surface area contributed by atoms with E-state index in [1.807, 2.05) is 37.3 Å². The highest BCUT2D eigenvalue weighted by atomic mass is 16.3. The minimum Gasteiger partial charge on any atom is -0.505 e. The summed E-state index contributed by atoms with van der Waals surface area (Å²) in [4.78, 5) is 0. The Balaban J connectivity index is 2.23. The van der Waals surface area contributed by atoms with Crippen LogP contribution in [0.3, 0.4) is 0 Å². The van der Waals surface area contributed by atoms with Crippen molar-refractivity contribution in [3.8, 4) is 5.75 Å². The predicted octanol–water partition coefficient (Wildman–Crippen LogP) is 6.81. The van der Waals surface area contributed by atoms with Gasteiger partial charge in [0, 0.05) is 5.39 Å². The Kier molecular flexibility index (Phi) is 4.34. The van der Waals surface area contributed by atoms with Gasteiger partial charge < -0.3 is 5.11 Å². The molecule has 25 heavy (non-hydrogen) atoms. The number of rotatable bonds is 2. The molecular weight excluding hydrogens is 308 g/mol. The lowest BCUT2D eigenvalue weighted by Crippen LogP contribution is -1.95. The monoisotopic (exact) mass is 332 g/mol. The van der Waals surface area contributed by atoms with Gasteiger partial charge in [-0.15, -0.1) is 10.2 Å². The van der Waals surface area contributed by atoms with Gasteiger partial charge in [-0.1, -0.05) is 24.3 Å². The second-order valence-corrected chi connectivity index (χ2v) is 6.79. The summed E-state index contributed by atoms with van der Waals surface area (Å²) in [5.74, 6) is 0.193. The fourth-order valence-corrected chi connectivity index (χ4v) is 3.29. The van der Waals surface area contributed by atoms with Crippen LogP contribution in [0.5, 0.6) is 5.75 Å². The van der Waals surface area contributed by atoms with Gasteiger partial charge in [0.15, 0.2) is 0 Å². The number of phenolic OH excluding ortho intramolecular Hbond substituents is 1. The van der Waals surface area contributed by atoms with E-state index in [0.29, 0.717) is 5.69 Å². The van der Waals surface area contributed by atoms with Crippen LogP contribution in [0.25, 0.3) is 10.8 Å². The maximum atomic E-state index is 10.5. The van der Waals surface area contributed by atoms with Crippen LogP contribution in [0.1, 0.15) is 33.4 Å². The number of azo groups is 1. The molecule has 0 aliphatic carbocycles. The summed E-state index contributed by atoms with van der Waals surface area (Å²) in [5.41, 5.74) is 8.30. The molecule has 0 amide bonds. The maximum Gasteiger partial charge on any atom is 0.146 e. The third-order valence-corrected chi connectivity index (χ3v) is 5.40. The number of hydrogen-bond donors (Lipinski definition) is 1. The molecule has 3 nitrogen and oxygen atoms in total. The van der Waals surface area contributed by atoms with Crippen molar-refractivity contribution in [2.45, 2.75) is 41.5 Å². The average Bonchev–Trinajstić information content (AvgIpc) is 2.61. The van der Waals surface area contributed by atoms with Crippen molar-refractivity contribution in [1.29, 1.82) is 0 Å². The van der Waals surface area contributed by atoms with E-state index in [-0.39, 0.29) is 5.75 Å². The molecule has 3 heteroatoms. The van der Waals surface area contributed by atoms with Gasteiger partial charge in [-0.2, -0.15) is 0 Å². The molecule has 0 heterocycles. The van der Waals surface area contributed by atoms with Gasteiger partial charge in [-0.25, -0.2) is 0 Å². The van der Waals surface area contributed by atoms with E-state index < -0.39 is 0 Å². The Labute approximate surface area is 149 Å². The summed E-state index contributed by atoms with van der Waals surface area (Å²) >= 11 is 0. The standard InChI is InChI=1S/C22H24N2O/c1-12-11-18-9-7-8-10-19(18)21(22(12)25)24-23-20-16(5)14(3)13(2)15(4)17(20)6/h7-11,25H,1-6H3. The molecule has 1 N–H and O–H groups in total. The lowest BCUT2D eigenvalue weighted by atomic mass is 9.93. The molecule has 3 aromatic carbocycles. The molecule has 0 radical (unpaired) electrons. The number of hydrogen-bond acceptors (Lipinski definition) is 3. The van der Waals surface area contributed by atoms with Gasteiger partial charge in [0.05, 0.1) is 5.69 Å². The van der Waals surface area contributed by atoms with Gasteiger partial charge >= 0.3 is 0 Å². The van der Waals surface area contributed by atoms with E-state index in [0.717, 1.165) is 33.2 Å². The summed E-state index contributed by atoms with van der Waals surface area (Å²) in [6.07, 6.45) is 0. The van der Waals surface area contributed by atoms with E-state index in [1.54, 1.807) is 0 Å². The highest BCUT2D eigenvalue weighted by Crippen LogP contribution is 2.40. The zero-order valence-corrected chi connectivity index (χ0v) is 15.7. The Morgan fingerprint density at radius 3 is 1.84 bits per heavy atom. The number of nitrogens with zero attached hydrogens (tertiary/aromatic N) is 2. The quantitative estimate of drug-likeness (QED) is 0.515. The van der Waals surface area contributed by atoms with Crippen molar-refractivity contribution in [3.05, 3.63) is 63.7 Å². The molecule has 128 valence electrons. The van der Waals surface area contributed by atoms with Gasteiger partial charge in [0.25, 0.3) is 0 Å². The number of phenols is 1. The Bertz CT molecular complexity index is 987. The number of aromatic hydroxyl groups is 1. The van der Waals surface area contributed by atoms with E-state index in [1.165, 1.54) is 16.7 Å². The van der Waals surface area contributed by atoms with Gasteiger partial charge in [0.2, 0.25) is 0 Å².